The van der Waals surface area contributed by atoms with Crippen LogP contribution in [0.25, 0.3) is 0 Å². The molecule has 1 amide bonds. The summed E-state index contributed by atoms with van der Waals surface area (Å²) in [6.07, 6.45) is 0.753. The van der Waals surface area contributed by atoms with Crippen molar-refractivity contribution >= 4 is 17.5 Å². The lowest BCUT2D eigenvalue weighted by atomic mass is 10.2. The highest BCUT2D eigenvalue weighted by Gasteiger charge is 2.18. The Bertz CT molecular complexity index is 423. The Hall–Kier alpha value is -1.85. The number of aromatic nitrogens is 2. The molecule has 6 nitrogen and oxygen atoms in total. The van der Waals surface area contributed by atoms with Crippen LogP contribution in [0, 0.1) is 0 Å². The molecule has 1 rings (SSSR count). The molecule has 0 aliphatic rings. The molecule has 1 aromatic rings. The van der Waals surface area contributed by atoms with Gasteiger partial charge in [-0.25, -0.2) is 9.97 Å². The van der Waals surface area contributed by atoms with Gasteiger partial charge in [-0.3, -0.25) is 4.79 Å². The lowest BCUT2D eigenvalue weighted by molar-refractivity contribution is -0.131. The first kappa shape index (κ1) is 16.2. The Kier molecular flexibility index (Phi) is 6.21. The third-order valence-corrected chi connectivity index (χ3v) is 3.15. The average molecular weight is 279 g/mol. The molecular formula is C14H25N5O. The van der Waals surface area contributed by atoms with Crippen molar-refractivity contribution in [3.8, 4) is 0 Å². The zero-order chi connectivity index (χ0) is 15.1. The number of anilines is 2. The van der Waals surface area contributed by atoms with Crippen molar-refractivity contribution in [2.45, 2.75) is 40.2 Å². The summed E-state index contributed by atoms with van der Waals surface area (Å²) in [6.45, 7) is 9.25. The molecule has 0 aliphatic carbocycles. The molecule has 1 aromatic heterocycles. The summed E-state index contributed by atoms with van der Waals surface area (Å²) in [7, 11) is 1.82. The fourth-order valence-corrected chi connectivity index (χ4v) is 1.95. The molecule has 0 radical (unpaired) electrons. The highest BCUT2D eigenvalue weighted by atomic mass is 16.2. The van der Waals surface area contributed by atoms with Gasteiger partial charge in [0.15, 0.2) is 0 Å². The van der Waals surface area contributed by atoms with Crippen molar-refractivity contribution in [3.05, 3.63) is 11.9 Å². The lowest BCUT2D eigenvalue weighted by Crippen LogP contribution is -2.41. The summed E-state index contributed by atoms with van der Waals surface area (Å²) in [5, 5.41) is 6.16. The molecule has 0 aromatic carbocycles. The molecule has 112 valence electrons. The number of rotatable bonds is 7. The van der Waals surface area contributed by atoms with Gasteiger partial charge in [-0.2, -0.15) is 0 Å². The topological polar surface area (TPSA) is 70.2 Å². The molecule has 1 heterocycles. The van der Waals surface area contributed by atoms with E-state index in [1.54, 1.807) is 4.90 Å². The number of hydrogen-bond acceptors (Lipinski definition) is 5. The maximum absolute atomic E-state index is 12.2. The van der Waals surface area contributed by atoms with Crippen molar-refractivity contribution in [2.24, 2.45) is 0 Å². The van der Waals surface area contributed by atoms with E-state index in [-0.39, 0.29) is 11.9 Å². The summed E-state index contributed by atoms with van der Waals surface area (Å²) in [6, 6.07) is 1.50. The van der Waals surface area contributed by atoms with Gasteiger partial charge in [0.1, 0.15) is 23.5 Å². The fraction of sp³-hybridized carbons (Fsp3) is 0.643. The summed E-state index contributed by atoms with van der Waals surface area (Å²) in [5.74, 6) is 2.26. The van der Waals surface area contributed by atoms with Crippen LogP contribution in [0.3, 0.4) is 0 Å². The van der Waals surface area contributed by atoms with Crippen LogP contribution in [0.5, 0.6) is 0 Å². The molecule has 1 atom stereocenters. The second-order valence-corrected chi connectivity index (χ2v) is 4.53. The molecule has 2 N–H and O–H groups in total. The summed E-state index contributed by atoms with van der Waals surface area (Å²) in [5.41, 5.74) is 0. The first-order valence-corrected chi connectivity index (χ1v) is 7.16. The molecule has 0 saturated heterocycles. The van der Waals surface area contributed by atoms with E-state index in [0.717, 1.165) is 18.1 Å². The van der Waals surface area contributed by atoms with Crippen LogP contribution in [0.15, 0.2) is 6.07 Å². The van der Waals surface area contributed by atoms with Gasteiger partial charge in [0.25, 0.3) is 0 Å². The quantitative estimate of drug-likeness (QED) is 0.795. The predicted octanol–water partition coefficient (Wildman–Crippen LogP) is 1.75. The van der Waals surface area contributed by atoms with Gasteiger partial charge in [0, 0.05) is 32.6 Å². The molecule has 0 aliphatic heterocycles. The van der Waals surface area contributed by atoms with Gasteiger partial charge >= 0.3 is 0 Å². The summed E-state index contributed by atoms with van der Waals surface area (Å²) in [4.78, 5) is 22.8. The monoisotopic (exact) mass is 279 g/mol. The van der Waals surface area contributed by atoms with Gasteiger partial charge in [-0.1, -0.05) is 6.92 Å². The predicted molar refractivity (Wildman–Crippen MR) is 82.0 cm³/mol. The summed E-state index contributed by atoms with van der Waals surface area (Å²) < 4.78 is 0. The van der Waals surface area contributed by atoms with E-state index in [0.29, 0.717) is 18.9 Å². The Morgan fingerprint density at radius 3 is 2.35 bits per heavy atom. The number of aryl methyl sites for hydroxylation is 1. The van der Waals surface area contributed by atoms with Gasteiger partial charge in [0.05, 0.1) is 0 Å². The van der Waals surface area contributed by atoms with E-state index >= 15 is 0 Å². The van der Waals surface area contributed by atoms with Gasteiger partial charge in [-0.15, -0.1) is 0 Å². The van der Waals surface area contributed by atoms with Gasteiger partial charge in [-0.05, 0) is 20.8 Å². The first-order chi connectivity index (χ1) is 9.55. The molecular weight excluding hydrogens is 254 g/mol. The van der Waals surface area contributed by atoms with E-state index in [2.05, 4.69) is 20.6 Å². The Morgan fingerprint density at radius 1 is 1.25 bits per heavy atom. The Morgan fingerprint density at radius 2 is 1.85 bits per heavy atom. The highest BCUT2D eigenvalue weighted by Crippen LogP contribution is 2.13. The highest BCUT2D eigenvalue weighted by molar-refractivity contribution is 5.84. The number of likely N-dealkylation sites (N-methyl/N-ethyl adjacent to an activating group) is 1. The van der Waals surface area contributed by atoms with Crippen LogP contribution < -0.4 is 10.6 Å². The smallest absolute Gasteiger partial charge is 0.244 e. The molecule has 0 bridgehead atoms. The number of hydrogen-bond donors (Lipinski definition) is 2. The fourth-order valence-electron chi connectivity index (χ4n) is 1.95. The minimum atomic E-state index is -0.306. The minimum absolute atomic E-state index is 0.0812. The SMILES string of the molecule is CCc1nc(NC)cc(NC(C)C(=O)N(CC)CC)n1. The zero-order valence-electron chi connectivity index (χ0n) is 13.0. The van der Waals surface area contributed by atoms with Crippen molar-refractivity contribution in [1.29, 1.82) is 0 Å². The molecule has 0 fully saturated rings. The second kappa shape index (κ2) is 7.67. The van der Waals surface area contributed by atoms with E-state index in [9.17, 15) is 4.79 Å². The molecule has 6 heteroatoms. The van der Waals surface area contributed by atoms with Crippen molar-refractivity contribution in [1.82, 2.24) is 14.9 Å². The van der Waals surface area contributed by atoms with Crippen LogP contribution in [0.1, 0.15) is 33.5 Å². The summed E-state index contributed by atoms with van der Waals surface area (Å²) >= 11 is 0. The van der Waals surface area contributed by atoms with Crippen LogP contribution in [-0.4, -0.2) is 47.0 Å². The maximum atomic E-state index is 12.2. The van der Waals surface area contributed by atoms with Crippen LogP contribution in [0.4, 0.5) is 11.6 Å². The number of nitrogens with zero attached hydrogens (tertiary/aromatic N) is 3. The van der Waals surface area contributed by atoms with Crippen molar-refractivity contribution in [2.75, 3.05) is 30.8 Å². The number of amides is 1. The molecule has 0 spiro atoms. The van der Waals surface area contributed by atoms with Crippen LogP contribution in [-0.2, 0) is 11.2 Å². The Balaban J connectivity index is 2.84. The number of nitrogens with one attached hydrogen (secondary N) is 2. The van der Waals surface area contributed by atoms with Crippen molar-refractivity contribution in [3.63, 3.8) is 0 Å². The standard InChI is InChI=1S/C14H25N5O/c1-6-11-17-12(15-5)9-13(18-11)16-10(4)14(20)19(7-2)8-3/h9-10H,6-8H2,1-5H3,(H2,15,16,17,18). The normalized spacial score (nSPS) is 11.8. The molecule has 1 unspecified atom stereocenters. The van der Waals surface area contributed by atoms with E-state index in [4.69, 9.17) is 0 Å². The lowest BCUT2D eigenvalue weighted by Gasteiger charge is -2.24. The Labute approximate surface area is 121 Å². The first-order valence-electron chi connectivity index (χ1n) is 7.16. The third-order valence-electron chi connectivity index (χ3n) is 3.15. The van der Waals surface area contributed by atoms with E-state index < -0.39 is 0 Å². The number of carbonyl (C=O) groups is 1. The van der Waals surface area contributed by atoms with Gasteiger partial charge in [0.2, 0.25) is 5.91 Å². The second-order valence-electron chi connectivity index (χ2n) is 4.53. The van der Waals surface area contributed by atoms with Crippen LogP contribution >= 0.6 is 0 Å². The largest absolute Gasteiger partial charge is 0.373 e. The molecule has 0 saturated carbocycles. The average Bonchev–Trinajstić information content (AvgIpc) is 2.47. The third kappa shape index (κ3) is 4.08. The van der Waals surface area contributed by atoms with Crippen LogP contribution in [0.2, 0.25) is 0 Å². The number of carbonyl (C=O) groups excluding carboxylic acids is 1. The zero-order valence-corrected chi connectivity index (χ0v) is 13.0. The maximum Gasteiger partial charge on any atom is 0.244 e. The molecule has 20 heavy (non-hydrogen) atoms. The van der Waals surface area contributed by atoms with E-state index in [1.165, 1.54) is 0 Å². The minimum Gasteiger partial charge on any atom is -0.373 e. The van der Waals surface area contributed by atoms with Gasteiger partial charge < -0.3 is 15.5 Å². The van der Waals surface area contributed by atoms with Crippen molar-refractivity contribution < 1.29 is 4.79 Å². The van der Waals surface area contributed by atoms with E-state index in [1.807, 2.05) is 40.8 Å².